The monoisotopic (exact) mass is 718 g/mol. The Bertz CT molecular complexity index is 503. The molecule has 0 rings (SSSR count). The Kier molecular flexibility index (Phi) is 37.8. The van der Waals surface area contributed by atoms with Gasteiger partial charge in [-0.3, -0.25) is 9.59 Å². The van der Waals surface area contributed by atoms with Gasteiger partial charge in [0.05, 0.1) is 0 Å². The van der Waals surface area contributed by atoms with Crippen molar-refractivity contribution < 1.29 is 9.59 Å². The third-order valence-electron chi connectivity index (χ3n) is 9.00. The average molecular weight is 721 g/mol. The van der Waals surface area contributed by atoms with Crippen LogP contribution in [0.5, 0.6) is 0 Å². The Morgan fingerprint density at radius 3 is 0.405 bits per heavy atom. The summed E-state index contributed by atoms with van der Waals surface area (Å²) in [6.07, 6.45) is 48.8. The van der Waals surface area contributed by atoms with Crippen molar-refractivity contribution in [2.75, 3.05) is 0 Å². The zero-order valence-corrected chi connectivity index (χ0v) is 31.2. The van der Waals surface area contributed by atoms with Gasteiger partial charge in [0.1, 0.15) is 0 Å². The molecule has 0 saturated carbocycles. The summed E-state index contributed by atoms with van der Waals surface area (Å²) in [7, 11) is 0. The van der Waals surface area contributed by atoms with Crippen LogP contribution in [0.4, 0.5) is 0 Å². The van der Waals surface area contributed by atoms with Gasteiger partial charge >= 0.3 is 0 Å². The van der Waals surface area contributed by atoms with Gasteiger partial charge in [-0.1, -0.05) is 205 Å². The lowest BCUT2D eigenvalue weighted by molar-refractivity contribution is -0.111. The zero-order chi connectivity index (χ0) is 30.6. The van der Waals surface area contributed by atoms with E-state index < -0.39 is 0 Å². The highest BCUT2D eigenvalue weighted by Gasteiger charge is 1.99. The van der Waals surface area contributed by atoms with E-state index in [4.69, 9.17) is 0 Å². The van der Waals surface area contributed by atoms with Gasteiger partial charge in [0, 0.05) is 12.8 Å². The molecule has 0 atom stereocenters. The lowest BCUT2D eigenvalue weighted by Crippen LogP contribution is -1.86. The smallest absolute Gasteiger partial charge is 0.197 e. The van der Waals surface area contributed by atoms with Crippen LogP contribution in [0.1, 0.15) is 231 Å². The van der Waals surface area contributed by atoms with E-state index in [1.54, 1.807) is 0 Å². The number of halogens is 2. The number of carbonyl (C=O) groups is 2. The Morgan fingerprint density at radius 1 is 0.214 bits per heavy atom. The van der Waals surface area contributed by atoms with E-state index in [0.29, 0.717) is 12.8 Å². The van der Waals surface area contributed by atoms with Gasteiger partial charge in [-0.05, 0) is 44.7 Å². The van der Waals surface area contributed by atoms with Crippen molar-refractivity contribution in [1.29, 1.82) is 0 Å². The van der Waals surface area contributed by atoms with Crippen molar-refractivity contribution in [3.05, 3.63) is 0 Å². The molecule has 0 saturated heterocycles. The molecule has 0 radical (unpaired) electrons. The summed E-state index contributed by atoms with van der Waals surface area (Å²) in [5.74, 6) is 0. The van der Waals surface area contributed by atoms with Gasteiger partial charge in [0.2, 0.25) is 0 Å². The molecule has 42 heavy (non-hydrogen) atoms. The van der Waals surface area contributed by atoms with Crippen molar-refractivity contribution in [1.82, 2.24) is 0 Å². The number of hydrogen-bond donors (Lipinski definition) is 0. The molecular formula is C38H72Br2O2. The molecule has 2 nitrogen and oxygen atoms in total. The van der Waals surface area contributed by atoms with Crippen LogP contribution < -0.4 is 0 Å². The van der Waals surface area contributed by atoms with Crippen molar-refractivity contribution in [2.24, 2.45) is 0 Å². The second kappa shape index (κ2) is 37.5. The van der Waals surface area contributed by atoms with Crippen LogP contribution >= 0.6 is 31.9 Å². The topological polar surface area (TPSA) is 34.1 Å². The lowest BCUT2D eigenvalue weighted by atomic mass is 10.0. The molecule has 250 valence electrons. The molecule has 0 N–H and O–H groups in total. The molecule has 0 unspecified atom stereocenters. The maximum Gasteiger partial charge on any atom is 0.197 e. The minimum absolute atomic E-state index is 0.161. The van der Waals surface area contributed by atoms with Gasteiger partial charge in [0.25, 0.3) is 0 Å². The number of carbonyl (C=O) groups excluding carboxylic acids is 2. The van der Waals surface area contributed by atoms with Crippen LogP contribution in [-0.2, 0) is 9.59 Å². The van der Waals surface area contributed by atoms with Crippen LogP contribution in [0.2, 0.25) is 0 Å². The van der Waals surface area contributed by atoms with E-state index in [2.05, 4.69) is 31.9 Å². The summed E-state index contributed by atoms with van der Waals surface area (Å²) >= 11 is 6.02. The summed E-state index contributed by atoms with van der Waals surface area (Å²) in [5, 5.41) is 0. The summed E-state index contributed by atoms with van der Waals surface area (Å²) in [6, 6.07) is 0. The SMILES string of the molecule is O=C(Br)CCCCCCCCCCCCCCCCCCCCCCCCCCCCCCCCCCCCC(=O)Br. The third-order valence-corrected chi connectivity index (χ3v) is 9.79. The second-order valence-corrected chi connectivity index (χ2v) is 15.0. The third kappa shape index (κ3) is 40.3. The zero-order valence-electron chi connectivity index (χ0n) is 28.0. The van der Waals surface area contributed by atoms with Crippen LogP contribution in [-0.4, -0.2) is 9.39 Å². The van der Waals surface area contributed by atoms with Gasteiger partial charge in [-0.15, -0.1) is 0 Å². The largest absolute Gasteiger partial charge is 0.287 e. The first-order chi connectivity index (χ1) is 20.6. The molecule has 0 spiro atoms. The maximum atomic E-state index is 10.8. The van der Waals surface area contributed by atoms with Crippen molar-refractivity contribution in [3.63, 3.8) is 0 Å². The fourth-order valence-corrected chi connectivity index (χ4v) is 6.75. The van der Waals surface area contributed by atoms with Crippen LogP contribution in [0.15, 0.2) is 0 Å². The summed E-state index contributed by atoms with van der Waals surface area (Å²) < 4.78 is 0.323. The van der Waals surface area contributed by atoms with Crippen LogP contribution in [0.3, 0.4) is 0 Å². The fraction of sp³-hybridized carbons (Fsp3) is 0.947. The molecule has 0 aromatic rings. The molecule has 0 heterocycles. The summed E-state index contributed by atoms with van der Waals surface area (Å²) in [6.45, 7) is 0. The quantitative estimate of drug-likeness (QED) is 0.0473. The van der Waals surface area contributed by atoms with Gasteiger partial charge in [0.15, 0.2) is 9.39 Å². The highest BCUT2D eigenvalue weighted by molar-refractivity contribution is 9.18. The molecule has 0 aliphatic carbocycles. The molecule has 0 aromatic heterocycles. The van der Waals surface area contributed by atoms with Gasteiger partial charge in [-0.25, -0.2) is 0 Å². The normalized spacial score (nSPS) is 11.4. The van der Waals surface area contributed by atoms with E-state index in [9.17, 15) is 9.59 Å². The Balaban J connectivity index is 3.04. The van der Waals surface area contributed by atoms with Crippen molar-refractivity contribution in [2.45, 2.75) is 231 Å². The fourth-order valence-electron chi connectivity index (χ4n) is 6.18. The van der Waals surface area contributed by atoms with Crippen molar-refractivity contribution in [3.8, 4) is 0 Å². The van der Waals surface area contributed by atoms with Crippen molar-refractivity contribution >= 4 is 41.2 Å². The molecule has 0 amide bonds. The summed E-state index contributed by atoms with van der Waals surface area (Å²) in [5.41, 5.74) is 0. The molecule has 0 bridgehead atoms. The van der Waals surface area contributed by atoms with E-state index in [1.165, 1.54) is 205 Å². The summed E-state index contributed by atoms with van der Waals surface area (Å²) in [4.78, 5) is 21.7. The molecule has 4 heteroatoms. The lowest BCUT2D eigenvalue weighted by Gasteiger charge is -2.05. The molecule has 0 aliphatic heterocycles. The Morgan fingerprint density at radius 2 is 0.310 bits per heavy atom. The van der Waals surface area contributed by atoms with Crippen LogP contribution in [0.25, 0.3) is 0 Å². The minimum atomic E-state index is 0.161. The molecule has 0 aliphatic rings. The standard InChI is InChI=1S/C38H72Br2O2/c39-37(41)35-33-31-29-27-25-23-21-19-17-15-13-11-9-7-5-3-1-2-4-6-8-10-12-14-16-18-20-22-24-26-28-30-32-34-36-38(40)42/h1-36H2. The first kappa shape index (κ1) is 42.3. The number of unbranched alkanes of at least 4 members (excludes halogenated alkanes) is 33. The molecule has 0 fully saturated rings. The first-order valence-corrected chi connectivity index (χ1v) is 20.6. The Labute approximate surface area is 280 Å². The first-order valence-electron chi connectivity index (χ1n) is 19.0. The van der Waals surface area contributed by atoms with E-state index in [-0.39, 0.29) is 9.39 Å². The molecular weight excluding hydrogens is 648 g/mol. The van der Waals surface area contributed by atoms with E-state index in [0.717, 1.165) is 12.8 Å². The second-order valence-electron chi connectivity index (χ2n) is 13.2. The number of hydrogen-bond acceptors (Lipinski definition) is 2. The number of rotatable bonds is 37. The van der Waals surface area contributed by atoms with Gasteiger partial charge in [-0.2, -0.15) is 0 Å². The van der Waals surface area contributed by atoms with E-state index in [1.807, 2.05) is 0 Å². The minimum Gasteiger partial charge on any atom is -0.287 e. The maximum absolute atomic E-state index is 10.8. The average Bonchev–Trinajstić information content (AvgIpc) is 2.96. The highest BCUT2D eigenvalue weighted by atomic mass is 79.9. The predicted octanol–water partition coefficient (Wildman–Crippen LogP) is 14.9. The van der Waals surface area contributed by atoms with E-state index >= 15 is 0 Å². The Hall–Kier alpha value is 0.300. The highest BCUT2D eigenvalue weighted by Crippen LogP contribution is 2.17. The predicted molar refractivity (Wildman–Crippen MR) is 194 cm³/mol. The molecule has 0 aromatic carbocycles. The van der Waals surface area contributed by atoms with Crippen LogP contribution in [0, 0.1) is 0 Å². The van der Waals surface area contributed by atoms with Gasteiger partial charge < -0.3 is 0 Å².